The van der Waals surface area contributed by atoms with Crippen LogP contribution in [0.4, 0.5) is 0 Å². The molecule has 0 unspecified atom stereocenters. The zero-order valence-electron chi connectivity index (χ0n) is 23.8. The summed E-state index contributed by atoms with van der Waals surface area (Å²) in [7, 11) is 0. The third-order valence-electron chi connectivity index (χ3n) is 7.22. The Bertz CT molecular complexity index is 574. The first-order chi connectivity index (χ1) is 18.0. The van der Waals surface area contributed by atoms with Crippen molar-refractivity contribution in [3.8, 4) is 0 Å². The van der Waals surface area contributed by atoms with Crippen molar-refractivity contribution >= 4 is 34.5 Å². The number of aliphatic hydroxyl groups excluding tert-OH is 2. The average Bonchev–Trinajstić information content (AvgIpc) is 2.89. The van der Waals surface area contributed by atoms with Gasteiger partial charge in [-0.25, -0.2) is 0 Å². The van der Waals surface area contributed by atoms with E-state index >= 15 is 0 Å². The summed E-state index contributed by atoms with van der Waals surface area (Å²) in [5.74, 6) is 0. The Balaban J connectivity index is 2.22. The average molecular weight is 561 g/mol. The topological polar surface area (TPSA) is 68.2 Å². The molecule has 2 N–H and O–H groups in total. The minimum absolute atomic E-state index is 0.0467. The lowest BCUT2D eigenvalue weighted by Gasteiger charge is -2.38. The Morgan fingerprint density at radius 1 is 0.676 bits per heavy atom. The van der Waals surface area contributed by atoms with Gasteiger partial charge in [-0.1, -0.05) is 117 Å². The summed E-state index contributed by atoms with van der Waals surface area (Å²) in [5, 5.41) is 21.7. The molecule has 37 heavy (non-hydrogen) atoms. The predicted molar refractivity (Wildman–Crippen MR) is 161 cm³/mol. The summed E-state index contributed by atoms with van der Waals surface area (Å²) in [6, 6.07) is 0. The molecule has 218 valence electrons. The van der Waals surface area contributed by atoms with E-state index in [1.165, 1.54) is 96.3 Å². The van der Waals surface area contributed by atoms with Crippen LogP contribution in [0.5, 0.6) is 0 Å². The number of unbranched alkanes of at least 4 members (excludes halogenated alkanes) is 16. The predicted octanol–water partition coefficient (Wildman–Crippen LogP) is 8.01. The molecule has 5 nitrogen and oxygen atoms in total. The minimum atomic E-state index is -1.06. The van der Waals surface area contributed by atoms with Crippen molar-refractivity contribution in [2.45, 2.75) is 167 Å². The van der Waals surface area contributed by atoms with Crippen LogP contribution in [0.1, 0.15) is 142 Å². The summed E-state index contributed by atoms with van der Waals surface area (Å²) in [6.07, 6.45) is 20.8. The van der Waals surface area contributed by atoms with Crippen molar-refractivity contribution in [2.24, 2.45) is 0 Å². The Labute approximate surface area is 238 Å². The third kappa shape index (κ3) is 17.8. The highest BCUT2D eigenvalue weighted by atomic mass is 32.1. The van der Waals surface area contributed by atoms with Gasteiger partial charge in [-0.05, 0) is 37.3 Å². The van der Waals surface area contributed by atoms with E-state index in [-0.39, 0.29) is 13.2 Å². The van der Waals surface area contributed by atoms with Crippen LogP contribution in [-0.2, 0) is 14.2 Å². The van der Waals surface area contributed by atoms with E-state index in [0.717, 1.165) is 25.7 Å². The Morgan fingerprint density at radius 2 is 1.11 bits per heavy atom. The highest BCUT2D eigenvalue weighted by molar-refractivity contribution is 7.80. The fraction of sp³-hybridized carbons (Fsp3) is 0.933. The first kappa shape index (κ1) is 34.7. The molecule has 0 aromatic rings. The molecule has 0 bridgehead atoms. The van der Waals surface area contributed by atoms with Crippen LogP contribution in [0.25, 0.3) is 0 Å². The molecule has 1 heterocycles. The van der Waals surface area contributed by atoms with Crippen LogP contribution < -0.4 is 0 Å². The smallest absolute Gasteiger partial charge is 0.160 e. The maximum absolute atomic E-state index is 10.5. The molecule has 1 aliphatic heterocycles. The molecular weight excluding hydrogens is 504 g/mol. The zero-order valence-corrected chi connectivity index (χ0v) is 25.4. The molecule has 0 spiro atoms. The van der Waals surface area contributed by atoms with Crippen molar-refractivity contribution in [2.75, 3.05) is 13.2 Å². The molecule has 0 saturated carbocycles. The second-order valence-corrected chi connectivity index (χ2v) is 11.6. The lowest BCUT2D eigenvalue weighted by Crippen LogP contribution is -2.56. The van der Waals surface area contributed by atoms with Gasteiger partial charge in [-0.3, -0.25) is 0 Å². The van der Waals surface area contributed by atoms with Gasteiger partial charge in [-0.2, -0.15) is 0 Å². The van der Waals surface area contributed by atoms with Crippen molar-refractivity contribution in [3.05, 3.63) is 0 Å². The third-order valence-corrected chi connectivity index (χ3v) is 7.85. The fourth-order valence-electron chi connectivity index (χ4n) is 4.76. The standard InChI is InChI=1S/C30H56O5S2/c1-3-5-7-9-11-13-15-17-19-21-27(36)34-24-26-30(29(32)25(31)23-33-26)35-28(37)22-20-18-16-14-12-10-8-6-4-2/h25-26,29-32H,3-24H2,1-2H3/t25-,26+,29+,30+/m0/s1. The van der Waals surface area contributed by atoms with Crippen molar-refractivity contribution in [1.82, 2.24) is 0 Å². The molecule has 1 rings (SSSR count). The van der Waals surface area contributed by atoms with Gasteiger partial charge < -0.3 is 24.4 Å². The van der Waals surface area contributed by atoms with Crippen LogP contribution in [0, 0.1) is 0 Å². The van der Waals surface area contributed by atoms with Gasteiger partial charge in [0.2, 0.25) is 0 Å². The molecule has 0 aliphatic carbocycles. The van der Waals surface area contributed by atoms with Crippen molar-refractivity contribution in [3.63, 3.8) is 0 Å². The molecule has 0 radical (unpaired) electrons. The maximum Gasteiger partial charge on any atom is 0.160 e. The van der Waals surface area contributed by atoms with E-state index in [9.17, 15) is 10.2 Å². The number of hydrogen-bond donors (Lipinski definition) is 2. The monoisotopic (exact) mass is 560 g/mol. The van der Waals surface area contributed by atoms with E-state index < -0.39 is 24.4 Å². The molecule has 1 aliphatic rings. The highest BCUT2D eigenvalue weighted by Gasteiger charge is 2.41. The highest BCUT2D eigenvalue weighted by Crippen LogP contribution is 2.22. The SMILES string of the molecule is CCCCCCCCCCCC(=S)OC[C@H]1OC[C@H](O)[C@@H](O)[C@@H]1OC(=S)CCCCCCCCCCC. The largest absolute Gasteiger partial charge is 0.484 e. The number of aliphatic hydroxyl groups is 2. The van der Waals surface area contributed by atoms with Gasteiger partial charge in [0.05, 0.1) is 6.61 Å². The second-order valence-electron chi connectivity index (χ2n) is 10.7. The van der Waals surface area contributed by atoms with E-state index in [2.05, 4.69) is 13.8 Å². The first-order valence-corrected chi connectivity index (χ1v) is 16.1. The van der Waals surface area contributed by atoms with Gasteiger partial charge in [0.15, 0.2) is 16.2 Å². The lowest BCUT2D eigenvalue weighted by molar-refractivity contribution is -0.189. The molecule has 7 heteroatoms. The minimum Gasteiger partial charge on any atom is -0.484 e. The number of ether oxygens (including phenoxy) is 3. The van der Waals surface area contributed by atoms with Gasteiger partial charge in [0.25, 0.3) is 0 Å². The number of rotatable bonds is 23. The normalized spacial score (nSPS) is 21.6. The zero-order chi connectivity index (χ0) is 27.1. The van der Waals surface area contributed by atoms with Crippen LogP contribution in [0.2, 0.25) is 0 Å². The van der Waals surface area contributed by atoms with E-state index in [0.29, 0.717) is 16.5 Å². The van der Waals surface area contributed by atoms with Crippen LogP contribution in [0.3, 0.4) is 0 Å². The Kier molecular flexibility index (Phi) is 22.1. The molecule has 0 aromatic heterocycles. The summed E-state index contributed by atoms with van der Waals surface area (Å²) < 4.78 is 17.5. The van der Waals surface area contributed by atoms with Crippen LogP contribution in [0.15, 0.2) is 0 Å². The van der Waals surface area contributed by atoms with Crippen LogP contribution >= 0.6 is 24.4 Å². The van der Waals surface area contributed by atoms with Crippen molar-refractivity contribution < 1.29 is 24.4 Å². The van der Waals surface area contributed by atoms with E-state index in [1.54, 1.807) is 0 Å². The molecule has 0 aromatic carbocycles. The Hall–Kier alpha value is -0.340. The molecule has 4 atom stereocenters. The summed E-state index contributed by atoms with van der Waals surface area (Å²) in [6.45, 7) is 4.74. The van der Waals surface area contributed by atoms with E-state index in [1.807, 2.05) is 0 Å². The van der Waals surface area contributed by atoms with Gasteiger partial charge in [0, 0.05) is 12.8 Å². The Morgan fingerprint density at radius 3 is 1.59 bits per heavy atom. The number of hydrogen-bond acceptors (Lipinski definition) is 7. The second kappa shape index (κ2) is 23.5. The summed E-state index contributed by atoms with van der Waals surface area (Å²) >= 11 is 10.9. The lowest BCUT2D eigenvalue weighted by atomic mass is 10.00. The molecule has 0 amide bonds. The van der Waals surface area contributed by atoms with E-state index in [4.69, 9.17) is 38.6 Å². The summed E-state index contributed by atoms with van der Waals surface area (Å²) in [5.41, 5.74) is 0. The van der Waals surface area contributed by atoms with Gasteiger partial charge >= 0.3 is 0 Å². The first-order valence-electron chi connectivity index (χ1n) is 15.3. The maximum atomic E-state index is 10.5. The number of thiocarbonyl (C=S) groups is 2. The molecule has 1 saturated heterocycles. The summed E-state index contributed by atoms with van der Waals surface area (Å²) in [4.78, 5) is 0. The molecular formula is C30H56O5S2. The fourth-order valence-corrected chi connectivity index (χ4v) is 5.23. The quantitative estimate of drug-likeness (QED) is 0.0969. The van der Waals surface area contributed by atoms with Gasteiger partial charge in [0.1, 0.15) is 24.9 Å². The molecule has 1 fully saturated rings. The van der Waals surface area contributed by atoms with Crippen LogP contribution in [-0.4, -0.2) is 57.9 Å². The van der Waals surface area contributed by atoms with Gasteiger partial charge in [-0.15, -0.1) is 0 Å². The van der Waals surface area contributed by atoms with Crippen molar-refractivity contribution in [1.29, 1.82) is 0 Å².